The van der Waals surface area contributed by atoms with Crippen molar-refractivity contribution in [3.05, 3.63) is 24.0 Å². The summed E-state index contributed by atoms with van der Waals surface area (Å²) in [4.78, 5) is 19.6. The summed E-state index contributed by atoms with van der Waals surface area (Å²) in [6, 6.07) is 0. The first kappa shape index (κ1) is 12.3. The highest BCUT2D eigenvalue weighted by Gasteiger charge is 2.19. The first-order valence-electron chi connectivity index (χ1n) is 5.69. The van der Waals surface area contributed by atoms with E-state index in [2.05, 4.69) is 30.2 Å². The first-order chi connectivity index (χ1) is 8.45. The molecule has 7 nitrogen and oxygen atoms in total. The lowest BCUT2D eigenvalue weighted by Gasteiger charge is -2.17. The molecule has 4 N–H and O–H groups in total. The Morgan fingerprint density at radius 2 is 2.06 bits per heavy atom. The zero-order valence-electron chi connectivity index (χ0n) is 10.7. The van der Waals surface area contributed by atoms with E-state index in [-0.39, 0.29) is 11.4 Å². The molecule has 0 aromatic carbocycles. The van der Waals surface area contributed by atoms with Crippen LogP contribution in [0.3, 0.4) is 0 Å². The van der Waals surface area contributed by atoms with Crippen LogP contribution in [-0.4, -0.2) is 24.9 Å². The second kappa shape index (κ2) is 4.59. The maximum atomic E-state index is 5.68. The van der Waals surface area contributed by atoms with Gasteiger partial charge in [0.2, 0.25) is 11.9 Å². The minimum Gasteiger partial charge on any atom is -0.368 e. The molecule has 0 unspecified atom stereocenters. The Morgan fingerprint density at radius 3 is 2.67 bits per heavy atom. The minimum absolute atomic E-state index is 0.168. The van der Waals surface area contributed by atoms with Gasteiger partial charge in [0.1, 0.15) is 11.6 Å². The van der Waals surface area contributed by atoms with E-state index in [4.69, 9.17) is 5.73 Å². The number of anilines is 2. The van der Waals surface area contributed by atoms with Crippen molar-refractivity contribution in [2.24, 2.45) is 0 Å². The van der Waals surface area contributed by atoms with E-state index in [0.717, 1.165) is 5.82 Å². The minimum atomic E-state index is -0.168. The van der Waals surface area contributed by atoms with Crippen LogP contribution in [0.5, 0.6) is 0 Å². The lowest BCUT2D eigenvalue weighted by Crippen LogP contribution is -2.19. The Hall–Kier alpha value is -2.18. The molecule has 2 rings (SSSR count). The van der Waals surface area contributed by atoms with Gasteiger partial charge in [0.25, 0.3) is 0 Å². The van der Waals surface area contributed by atoms with Crippen molar-refractivity contribution in [2.75, 3.05) is 11.1 Å². The Labute approximate surface area is 105 Å². The van der Waals surface area contributed by atoms with E-state index < -0.39 is 0 Å². The summed E-state index contributed by atoms with van der Waals surface area (Å²) < 4.78 is 0. The number of nitrogens with zero attached hydrogens (tertiary/aromatic N) is 4. The fraction of sp³-hybridized carbons (Fsp3) is 0.455. The SMILES string of the molecule is CC(C)(C)c1nc(N)nc(NCc2ncc[nH]2)n1. The second-order valence-corrected chi connectivity index (χ2v) is 4.98. The number of aromatic nitrogens is 5. The number of nitrogens with two attached hydrogens (primary N) is 1. The zero-order valence-corrected chi connectivity index (χ0v) is 10.7. The summed E-state index contributed by atoms with van der Waals surface area (Å²) in [5.41, 5.74) is 5.51. The van der Waals surface area contributed by atoms with Crippen LogP contribution in [0.25, 0.3) is 0 Å². The predicted molar refractivity (Wildman–Crippen MR) is 68.9 cm³/mol. The van der Waals surface area contributed by atoms with Gasteiger partial charge in [-0.05, 0) is 0 Å². The molecule has 7 heteroatoms. The maximum Gasteiger partial charge on any atom is 0.228 e. The summed E-state index contributed by atoms with van der Waals surface area (Å²) in [5.74, 6) is 2.16. The van der Waals surface area contributed by atoms with Crippen molar-refractivity contribution in [3.63, 3.8) is 0 Å². The van der Waals surface area contributed by atoms with Crippen LogP contribution >= 0.6 is 0 Å². The predicted octanol–water partition coefficient (Wildman–Crippen LogP) is 1.09. The lowest BCUT2D eigenvalue weighted by atomic mass is 9.96. The molecule has 0 aliphatic rings. The topological polar surface area (TPSA) is 105 Å². The van der Waals surface area contributed by atoms with Crippen LogP contribution in [0, 0.1) is 0 Å². The molecule has 0 aliphatic heterocycles. The quantitative estimate of drug-likeness (QED) is 0.749. The summed E-state index contributed by atoms with van der Waals surface area (Å²) in [6.45, 7) is 6.59. The fourth-order valence-corrected chi connectivity index (χ4v) is 1.36. The fourth-order valence-electron chi connectivity index (χ4n) is 1.36. The molecular weight excluding hydrogens is 230 g/mol. The molecule has 0 bridgehead atoms. The normalized spacial score (nSPS) is 11.5. The standard InChI is InChI=1S/C11H17N7/c1-11(2,3)8-16-9(12)18-10(17-8)15-6-7-13-4-5-14-7/h4-5H,6H2,1-3H3,(H,13,14)(H3,12,15,16,17,18). The smallest absolute Gasteiger partial charge is 0.228 e. The summed E-state index contributed by atoms with van der Waals surface area (Å²) in [6.07, 6.45) is 3.46. The van der Waals surface area contributed by atoms with Gasteiger partial charge >= 0.3 is 0 Å². The van der Waals surface area contributed by atoms with E-state index in [9.17, 15) is 0 Å². The molecule has 0 saturated heterocycles. The molecule has 0 amide bonds. The number of hydrogen-bond acceptors (Lipinski definition) is 6. The number of imidazole rings is 1. The van der Waals surface area contributed by atoms with Crippen molar-refractivity contribution in [1.29, 1.82) is 0 Å². The third kappa shape index (κ3) is 2.93. The molecule has 0 fully saturated rings. The summed E-state index contributed by atoms with van der Waals surface area (Å²) in [7, 11) is 0. The van der Waals surface area contributed by atoms with Crippen molar-refractivity contribution in [3.8, 4) is 0 Å². The van der Waals surface area contributed by atoms with Crippen molar-refractivity contribution < 1.29 is 0 Å². The molecule has 0 saturated carbocycles. The molecule has 96 valence electrons. The molecule has 2 aromatic heterocycles. The van der Waals surface area contributed by atoms with Crippen molar-refractivity contribution in [2.45, 2.75) is 32.7 Å². The maximum absolute atomic E-state index is 5.68. The molecule has 0 atom stereocenters. The highest BCUT2D eigenvalue weighted by Crippen LogP contribution is 2.19. The van der Waals surface area contributed by atoms with Crippen molar-refractivity contribution >= 4 is 11.9 Å². The van der Waals surface area contributed by atoms with Gasteiger partial charge in [-0.3, -0.25) is 0 Å². The molecule has 0 aliphatic carbocycles. The van der Waals surface area contributed by atoms with Crippen LogP contribution < -0.4 is 11.1 Å². The number of H-pyrrole nitrogens is 1. The molecule has 0 radical (unpaired) electrons. The van der Waals surface area contributed by atoms with Crippen LogP contribution in [0.2, 0.25) is 0 Å². The van der Waals surface area contributed by atoms with Gasteiger partial charge in [-0.1, -0.05) is 20.8 Å². The molecule has 2 heterocycles. The molecule has 2 aromatic rings. The van der Waals surface area contributed by atoms with Crippen LogP contribution in [0.4, 0.5) is 11.9 Å². The van der Waals surface area contributed by atoms with Crippen LogP contribution in [0.1, 0.15) is 32.4 Å². The Kier molecular flexibility index (Phi) is 3.14. The zero-order chi connectivity index (χ0) is 13.2. The van der Waals surface area contributed by atoms with Crippen LogP contribution in [0.15, 0.2) is 12.4 Å². The first-order valence-corrected chi connectivity index (χ1v) is 5.69. The monoisotopic (exact) mass is 247 g/mol. The average molecular weight is 247 g/mol. The highest BCUT2D eigenvalue weighted by molar-refractivity contribution is 5.32. The van der Waals surface area contributed by atoms with Crippen molar-refractivity contribution in [1.82, 2.24) is 24.9 Å². The second-order valence-electron chi connectivity index (χ2n) is 4.98. The number of hydrogen-bond donors (Lipinski definition) is 3. The molecule has 0 spiro atoms. The van der Waals surface area contributed by atoms with Gasteiger partial charge in [-0.2, -0.15) is 15.0 Å². The Bertz CT molecular complexity index is 513. The van der Waals surface area contributed by atoms with E-state index >= 15 is 0 Å². The van der Waals surface area contributed by atoms with Crippen LogP contribution in [-0.2, 0) is 12.0 Å². The Morgan fingerprint density at radius 1 is 1.28 bits per heavy atom. The van der Waals surface area contributed by atoms with Gasteiger partial charge in [-0.25, -0.2) is 4.98 Å². The lowest BCUT2D eigenvalue weighted by molar-refractivity contribution is 0.544. The molecular formula is C11H17N7. The summed E-state index contributed by atoms with van der Waals surface area (Å²) in [5, 5.41) is 3.06. The molecule has 18 heavy (non-hydrogen) atoms. The number of nitrogens with one attached hydrogen (secondary N) is 2. The number of rotatable bonds is 3. The Balaban J connectivity index is 2.15. The van der Waals surface area contributed by atoms with Gasteiger partial charge in [-0.15, -0.1) is 0 Å². The van der Waals surface area contributed by atoms with E-state index in [1.54, 1.807) is 12.4 Å². The largest absolute Gasteiger partial charge is 0.368 e. The van der Waals surface area contributed by atoms with Gasteiger partial charge < -0.3 is 16.0 Å². The van der Waals surface area contributed by atoms with Gasteiger partial charge in [0.15, 0.2) is 0 Å². The number of aromatic amines is 1. The highest BCUT2D eigenvalue weighted by atomic mass is 15.2. The number of nitrogen functional groups attached to an aromatic ring is 1. The third-order valence-electron chi connectivity index (χ3n) is 2.29. The van der Waals surface area contributed by atoms with E-state index in [0.29, 0.717) is 18.3 Å². The van der Waals surface area contributed by atoms with E-state index in [1.807, 2.05) is 20.8 Å². The third-order valence-corrected chi connectivity index (χ3v) is 2.29. The van der Waals surface area contributed by atoms with Gasteiger partial charge in [0, 0.05) is 17.8 Å². The summed E-state index contributed by atoms with van der Waals surface area (Å²) >= 11 is 0. The average Bonchev–Trinajstić information content (AvgIpc) is 2.77. The van der Waals surface area contributed by atoms with E-state index in [1.165, 1.54) is 0 Å². The van der Waals surface area contributed by atoms with Gasteiger partial charge in [0.05, 0.1) is 6.54 Å².